The molecule has 2 aromatic rings. The molecule has 18 heavy (non-hydrogen) atoms. The van der Waals surface area contributed by atoms with E-state index < -0.39 is 0 Å². The number of nitrogens with one attached hydrogen (secondary N) is 1. The molecule has 0 fully saturated rings. The minimum Gasteiger partial charge on any atom is -0.351 e. The van der Waals surface area contributed by atoms with Crippen LogP contribution in [0.25, 0.3) is 0 Å². The SMILES string of the molecule is O=C(CCc1ccc(F)cc1)NCc1cccs1. The Hall–Kier alpha value is -1.68. The fraction of sp³-hybridized carbons (Fsp3) is 0.214. The van der Waals surface area contributed by atoms with E-state index in [9.17, 15) is 9.18 Å². The van der Waals surface area contributed by atoms with E-state index in [0.717, 1.165) is 10.4 Å². The molecule has 1 amide bonds. The van der Waals surface area contributed by atoms with Gasteiger partial charge in [-0.1, -0.05) is 18.2 Å². The van der Waals surface area contributed by atoms with Gasteiger partial charge in [0.15, 0.2) is 0 Å². The second-order valence-corrected chi connectivity index (χ2v) is 5.01. The van der Waals surface area contributed by atoms with Crippen molar-refractivity contribution in [1.82, 2.24) is 5.32 Å². The zero-order valence-corrected chi connectivity index (χ0v) is 10.7. The van der Waals surface area contributed by atoms with Gasteiger partial charge in [-0.15, -0.1) is 11.3 Å². The summed E-state index contributed by atoms with van der Waals surface area (Å²) in [6.07, 6.45) is 1.06. The monoisotopic (exact) mass is 263 g/mol. The molecule has 0 radical (unpaired) electrons. The first-order valence-electron chi connectivity index (χ1n) is 5.77. The lowest BCUT2D eigenvalue weighted by atomic mass is 10.1. The average molecular weight is 263 g/mol. The second kappa shape index (κ2) is 6.31. The molecule has 0 aliphatic carbocycles. The van der Waals surface area contributed by atoms with Crippen LogP contribution in [0.5, 0.6) is 0 Å². The fourth-order valence-electron chi connectivity index (χ4n) is 1.60. The zero-order chi connectivity index (χ0) is 12.8. The van der Waals surface area contributed by atoms with Crippen LogP contribution in [0.15, 0.2) is 41.8 Å². The minimum absolute atomic E-state index is 0.0210. The first-order valence-corrected chi connectivity index (χ1v) is 6.65. The maximum absolute atomic E-state index is 12.7. The summed E-state index contributed by atoms with van der Waals surface area (Å²) in [6, 6.07) is 10.2. The van der Waals surface area contributed by atoms with E-state index in [2.05, 4.69) is 5.32 Å². The van der Waals surface area contributed by atoms with Crippen molar-refractivity contribution in [2.75, 3.05) is 0 Å². The molecule has 0 bridgehead atoms. The highest BCUT2D eigenvalue weighted by Crippen LogP contribution is 2.08. The summed E-state index contributed by atoms with van der Waals surface area (Å²) in [5, 5.41) is 4.85. The number of thiophene rings is 1. The molecule has 4 heteroatoms. The Bertz CT molecular complexity index is 493. The molecule has 0 atom stereocenters. The first kappa shape index (κ1) is 12.8. The van der Waals surface area contributed by atoms with Gasteiger partial charge in [0.25, 0.3) is 0 Å². The Labute approximate surface area is 109 Å². The molecule has 2 rings (SSSR count). The van der Waals surface area contributed by atoms with Crippen molar-refractivity contribution < 1.29 is 9.18 Å². The van der Waals surface area contributed by atoms with Crippen LogP contribution in [0.1, 0.15) is 16.9 Å². The lowest BCUT2D eigenvalue weighted by Gasteiger charge is -2.04. The van der Waals surface area contributed by atoms with Crippen LogP contribution >= 0.6 is 11.3 Å². The topological polar surface area (TPSA) is 29.1 Å². The van der Waals surface area contributed by atoms with Gasteiger partial charge in [0.05, 0.1) is 6.54 Å². The molecule has 94 valence electrons. The maximum atomic E-state index is 12.7. The van der Waals surface area contributed by atoms with Gasteiger partial charge in [-0.3, -0.25) is 4.79 Å². The summed E-state index contributed by atoms with van der Waals surface area (Å²) >= 11 is 1.62. The van der Waals surface area contributed by atoms with E-state index >= 15 is 0 Å². The number of hydrogen-bond acceptors (Lipinski definition) is 2. The van der Waals surface area contributed by atoms with E-state index in [0.29, 0.717) is 19.4 Å². The van der Waals surface area contributed by atoms with Gasteiger partial charge in [-0.25, -0.2) is 4.39 Å². The Morgan fingerprint density at radius 3 is 2.67 bits per heavy atom. The van der Waals surface area contributed by atoms with E-state index in [-0.39, 0.29) is 11.7 Å². The van der Waals surface area contributed by atoms with Crippen LogP contribution in [-0.4, -0.2) is 5.91 Å². The summed E-state index contributed by atoms with van der Waals surface area (Å²) in [5.41, 5.74) is 0.975. The fourth-order valence-corrected chi connectivity index (χ4v) is 2.24. The van der Waals surface area contributed by atoms with Gasteiger partial charge in [-0.2, -0.15) is 0 Å². The van der Waals surface area contributed by atoms with Crippen LogP contribution in [0, 0.1) is 5.82 Å². The summed E-state index contributed by atoms with van der Waals surface area (Å²) in [7, 11) is 0. The highest BCUT2D eigenvalue weighted by atomic mass is 32.1. The molecule has 0 aliphatic heterocycles. The largest absolute Gasteiger partial charge is 0.351 e. The van der Waals surface area contributed by atoms with Crippen LogP contribution in [-0.2, 0) is 17.8 Å². The third kappa shape index (κ3) is 3.96. The quantitative estimate of drug-likeness (QED) is 0.882. The summed E-state index contributed by atoms with van der Waals surface area (Å²) < 4.78 is 12.7. The normalized spacial score (nSPS) is 10.3. The van der Waals surface area contributed by atoms with Crippen LogP contribution in [0.3, 0.4) is 0 Å². The number of aryl methyl sites for hydroxylation is 1. The second-order valence-electron chi connectivity index (χ2n) is 3.98. The molecule has 1 aromatic carbocycles. The summed E-state index contributed by atoms with van der Waals surface area (Å²) in [5.74, 6) is -0.228. The van der Waals surface area contributed by atoms with Crippen molar-refractivity contribution in [3.05, 3.63) is 58.0 Å². The molecule has 0 aliphatic rings. The van der Waals surface area contributed by atoms with Crippen molar-refractivity contribution in [3.8, 4) is 0 Å². The summed E-state index contributed by atoms with van der Waals surface area (Å²) in [4.78, 5) is 12.7. The van der Waals surface area contributed by atoms with Crippen LogP contribution in [0.2, 0.25) is 0 Å². The number of hydrogen-bond donors (Lipinski definition) is 1. The predicted molar refractivity (Wildman–Crippen MR) is 70.9 cm³/mol. The lowest BCUT2D eigenvalue weighted by molar-refractivity contribution is -0.121. The van der Waals surface area contributed by atoms with Gasteiger partial charge >= 0.3 is 0 Å². The number of halogens is 1. The van der Waals surface area contributed by atoms with Crippen molar-refractivity contribution in [2.24, 2.45) is 0 Å². The molecule has 1 aromatic heterocycles. The number of rotatable bonds is 5. The molecular formula is C14H14FNOS. The number of benzene rings is 1. The van der Waals surface area contributed by atoms with E-state index in [1.165, 1.54) is 12.1 Å². The van der Waals surface area contributed by atoms with Gasteiger partial charge in [0.1, 0.15) is 5.82 Å². The molecule has 0 saturated carbocycles. The number of carbonyl (C=O) groups excluding carboxylic acids is 1. The van der Waals surface area contributed by atoms with Crippen molar-refractivity contribution >= 4 is 17.2 Å². The van der Waals surface area contributed by atoms with Crippen LogP contribution < -0.4 is 5.32 Å². The van der Waals surface area contributed by atoms with Gasteiger partial charge in [0, 0.05) is 11.3 Å². The van der Waals surface area contributed by atoms with E-state index in [1.54, 1.807) is 23.5 Å². The van der Waals surface area contributed by atoms with Crippen molar-refractivity contribution in [2.45, 2.75) is 19.4 Å². The van der Waals surface area contributed by atoms with Gasteiger partial charge in [0.2, 0.25) is 5.91 Å². The molecule has 2 nitrogen and oxygen atoms in total. The molecule has 0 saturated heterocycles. The zero-order valence-electron chi connectivity index (χ0n) is 9.86. The van der Waals surface area contributed by atoms with Crippen molar-refractivity contribution in [3.63, 3.8) is 0 Å². The Kier molecular flexibility index (Phi) is 4.47. The Balaban J connectivity index is 1.73. The maximum Gasteiger partial charge on any atom is 0.220 e. The smallest absolute Gasteiger partial charge is 0.220 e. The summed E-state index contributed by atoms with van der Waals surface area (Å²) in [6.45, 7) is 0.583. The van der Waals surface area contributed by atoms with E-state index in [1.807, 2.05) is 17.5 Å². The molecule has 0 spiro atoms. The Morgan fingerprint density at radius 2 is 2.00 bits per heavy atom. The third-order valence-corrected chi connectivity index (χ3v) is 3.47. The molecule has 1 heterocycles. The molecule has 0 unspecified atom stereocenters. The lowest BCUT2D eigenvalue weighted by Crippen LogP contribution is -2.22. The predicted octanol–water partition coefficient (Wildman–Crippen LogP) is 3.14. The molecule has 1 N–H and O–H groups in total. The standard InChI is InChI=1S/C14H14FNOS/c15-12-6-3-11(4-7-12)5-8-14(17)16-10-13-2-1-9-18-13/h1-4,6-7,9H,5,8,10H2,(H,16,17). The van der Waals surface area contributed by atoms with E-state index in [4.69, 9.17) is 0 Å². The first-order chi connectivity index (χ1) is 8.74. The highest BCUT2D eigenvalue weighted by Gasteiger charge is 2.03. The number of carbonyl (C=O) groups is 1. The van der Waals surface area contributed by atoms with Gasteiger partial charge < -0.3 is 5.32 Å². The number of amides is 1. The average Bonchev–Trinajstić information content (AvgIpc) is 2.89. The highest BCUT2D eigenvalue weighted by molar-refractivity contribution is 7.09. The van der Waals surface area contributed by atoms with Gasteiger partial charge in [-0.05, 0) is 35.6 Å². The van der Waals surface area contributed by atoms with Crippen LogP contribution in [0.4, 0.5) is 4.39 Å². The minimum atomic E-state index is -0.249. The third-order valence-electron chi connectivity index (χ3n) is 2.59. The van der Waals surface area contributed by atoms with Crippen molar-refractivity contribution in [1.29, 1.82) is 0 Å². The Morgan fingerprint density at radius 1 is 1.22 bits per heavy atom. The molecular weight excluding hydrogens is 249 g/mol.